The fourth-order valence-corrected chi connectivity index (χ4v) is 1.30. The molecule has 4 heteroatoms. The van der Waals surface area contributed by atoms with E-state index in [9.17, 15) is 0 Å². The van der Waals surface area contributed by atoms with Crippen LogP contribution >= 0.6 is 0 Å². The molecule has 2 rings (SSSR count). The summed E-state index contributed by atoms with van der Waals surface area (Å²) in [5.74, 6) is 1.62. The molecule has 78 valence electrons. The monoisotopic (exact) mass is 204 g/mol. The van der Waals surface area contributed by atoms with Crippen molar-refractivity contribution in [1.82, 2.24) is 9.55 Å². The van der Waals surface area contributed by atoms with Crippen molar-refractivity contribution in [1.29, 1.82) is 0 Å². The highest BCUT2D eigenvalue weighted by atomic mass is 16.3. The van der Waals surface area contributed by atoms with Gasteiger partial charge in [0.15, 0.2) is 0 Å². The average Bonchev–Trinajstić information content (AvgIpc) is 2.87. The van der Waals surface area contributed by atoms with Crippen LogP contribution in [0.3, 0.4) is 0 Å². The van der Waals surface area contributed by atoms with E-state index in [2.05, 4.69) is 4.98 Å². The molecule has 0 unspecified atom stereocenters. The van der Waals surface area contributed by atoms with E-state index in [-0.39, 0.29) is 6.61 Å². The summed E-state index contributed by atoms with van der Waals surface area (Å²) in [5.41, 5.74) is 0. The first kappa shape index (κ1) is 9.73. The minimum absolute atomic E-state index is 0.0254. The van der Waals surface area contributed by atoms with Crippen LogP contribution in [-0.2, 0) is 6.54 Å². The molecule has 15 heavy (non-hydrogen) atoms. The molecule has 4 nitrogen and oxygen atoms in total. The normalized spacial score (nSPS) is 11.3. The third-order valence-corrected chi connectivity index (χ3v) is 1.97. The highest BCUT2D eigenvalue weighted by Gasteiger charge is 1.99. The second-order valence-electron chi connectivity index (χ2n) is 3.12. The van der Waals surface area contributed by atoms with Gasteiger partial charge in [-0.1, -0.05) is 6.08 Å². The number of furan rings is 1. The van der Waals surface area contributed by atoms with Gasteiger partial charge in [-0.25, -0.2) is 4.98 Å². The van der Waals surface area contributed by atoms with E-state index in [1.54, 1.807) is 24.7 Å². The lowest BCUT2D eigenvalue weighted by molar-refractivity contribution is 0.343. The van der Waals surface area contributed by atoms with Crippen LogP contribution in [0.25, 0.3) is 6.08 Å². The summed E-state index contributed by atoms with van der Waals surface area (Å²) in [5, 5.41) is 8.60. The van der Waals surface area contributed by atoms with Gasteiger partial charge >= 0.3 is 0 Å². The van der Waals surface area contributed by atoms with Crippen molar-refractivity contribution < 1.29 is 9.52 Å². The molecule has 0 spiro atoms. The fourth-order valence-electron chi connectivity index (χ4n) is 1.30. The second-order valence-corrected chi connectivity index (χ2v) is 3.12. The Kier molecular flexibility index (Phi) is 2.99. The second kappa shape index (κ2) is 4.61. The number of rotatable bonds is 4. The van der Waals surface area contributed by atoms with Gasteiger partial charge in [-0.3, -0.25) is 0 Å². The summed E-state index contributed by atoms with van der Waals surface area (Å²) >= 11 is 0. The molecule has 0 aliphatic heterocycles. The zero-order chi connectivity index (χ0) is 10.5. The standard InChI is InChI=1S/C11H12N2O2/c14-7-1-2-10-3-4-11(15-10)8-13-6-5-12-9-13/h1-6,9,14H,7-8H2. The van der Waals surface area contributed by atoms with Crippen LogP contribution < -0.4 is 0 Å². The van der Waals surface area contributed by atoms with E-state index in [4.69, 9.17) is 9.52 Å². The molecule has 0 saturated heterocycles. The average molecular weight is 204 g/mol. The first-order valence-corrected chi connectivity index (χ1v) is 4.70. The van der Waals surface area contributed by atoms with Crippen molar-refractivity contribution in [2.45, 2.75) is 6.54 Å². The zero-order valence-electron chi connectivity index (χ0n) is 8.21. The number of aliphatic hydroxyl groups is 1. The van der Waals surface area contributed by atoms with Gasteiger partial charge in [0.05, 0.1) is 19.5 Å². The minimum atomic E-state index is 0.0254. The first-order valence-electron chi connectivity index (χ1n) is 4.70. The third kappa shape index (κ3) is 2.57. The van der Waals surface area contributed by atoms with Crippen LogP contribution in [0.4, 0.5) is 0 Å². The Labute approximate surface area is 87.5 Å². The number of aromatic nitrogens is 2. The summed E-state index contributed by atoms with van der Waals surface area (Å²) in [4.78, 5) is 3.95. The number of hydrogen-bond donors (Lipinski definition) is 1. The molecule has 0 radical (unpaired) electrons. The molecule has 0 fully saturated rings. The van der Waals surface area contributed by atoms with Crippen LogP contribution in [-0.4, -0.2) is 21.3 Å². The molecular formula is C11H12N2O2. The van der Waals surface area contributed by atoms with E-state index in [1.807, 2.05) is 22.9 Å². The van der Waals surface area contributed by atoms with Crippen molar-refractivity contribution in [3.8, 4) is 0 Å². The largest absolute Gasteiger partial charge is 0.460 e. The van der Waals surface area contributed by atoms with Gasteiger partial charge in [0.1, 0.15) is 11.5 Å². The lowest BCUT2D eigenvalue weighted by Gasteiger charge is -1.96. The van der Waals surface area contributed by atoms with E-state index in [0.29, 0.717) is 6.54 Å². The Morgan fingerprint density at radius 1 is 1.47 bits per heavy atom. The van der Waals surface area contributed by atoms with Crippen LogP contribution in [0, 0.1) is 0 Å². The molecule has 0 atom stereocenters. The van der Waals surface area contributed by atoms with Gasteiger partial charge in [0.25, 0.3) is 0 Å². The number of aliphatic hydroxyl groups excluding tert-OH is 1. The maximum atomic E-state index is 8.60. The predicted octanol–water partition coefficient (Wildman–Crippen LogP) is 1.53. The van der Waals surface area contributed by atoms with Crippen LogP contribution in [0.15, 0.2) is 41.3 Å². The Morgan fingerprint density at radius 2 is 2.40 bits per heavy atom. The van der Waals surface area contributed by atoms with Crippen molar-refractivity contribution in [2.24, 2.45) is 0 Å². The molecular weight excluding hydrogens is 192 g/mol. The Hall–Kier alpha value is -1.81. The topological polar surface area (TPSA) is 51.2 Å². The van der Waals surface area contributed by atoms with Gasteiger partial charge in [0.2, 0.25) is 0 Å². The van der Waals surface area contributed by atoms with Crippen molar-refractivity contribution in [3.63, 3.8) is 0 Å². The van der Waals surface area contributed by atoms with Crippen molar-refractivity contribution >= 4 is 6.08 Å². The molecule has 2 heterocycles. The van der Waals surface area contributed by atoms with Crippen LogP contribution in [0.2, 0.25) is 0 Å². The molecule has 0 aliphatic rings. The predicted molar refractivity (Wildman–Crippen MR) is 56.2 cm³/mol. The van der Waals surface area contributed by atoms with E-state index in [1.165, 1.54) is 0 Å². The molecule has 0 bridgehead atoms. The third-order valence-electron chi connectivity index (χ3n) is 1.97. The summed E-state index contributed by atoms with van der Waals surface area (Å²) in [6.45, 7) is 0.699. The smallest absolute Gasteiger partial charge is 0.126 e. The maximum absolute atomic E-state index is 8.60. The van der Waals surface area contributed by atoms with Gasteiger partial charge < -0.3 is 14.1 Å². The summed E-state index contributed by atoms with van der Waals surface area (Å²) in [6.07, 6.45) is 8.74. The summed E-state index contributed by atoms with van der Waals surface area (Å²) < 4.78 is 7.44. The fraction of sp³-hybridized carbons (Fsp3) is 0.182. The molecule has 0 aromatic carbocycles. The van der Waals surface area contributed by atoms with Gasteiger partial charge in [0, 0.05) is 12.4 Å². The number of imidazole rings is 1. The van der Waals surface area contributed by atoms with Crippen LogP contribution in [0.5, 0.6) is 0 Å². The number of hydrogen-bond acceptors (Lipinski definition) is 3. The highest BCUT2D eigenvalue weighted by Crippen LogP contribution is 2.10. The van der Waals surface area contributed by atoms with Crippen molar-refractivity contribution in [3.05, 3.63) is 48.5 Å². The molecule has 1 N–H and O–H groups in total. The Balaban J connectivity index is 2.04. The molecule has 0 aliphatic carbocycles. The lowest BCUT2D eigenvalue weighted by atomic mass is 10.4. The summed E-state index contributed by atoms with van der Waals surface area (Å²) in [6, 6.07) is 3.79. The Morgan fingerprint density at radius 3 is 3.13 bits per heavy atom. The first-order chi connectivity index (χ1) is 7.38. The van der Waals surface area contributed by atoms with Gasteiger partial charge in [-0.2, -0.15) is 0 Å². The van der Waals surface area contributed by atoms with Gasteiger partial charge in [-0.05, 0) is 18.2 Å². The summed E-state index contributed by atoms with van der Waals surface area (Å²) in [7, 11) is 0. The molecule has 0 amide bonds. The van der Waals surface area contributed by atoms with E-state index >= 15 is 0 Å². The Bertz CT molecular complexity index is 429. The van der Waals surface area contributed by atoms with E-state index < -0.39 is 0 Å². The van der Waals surface area contributed by atoms with E-state index in [0.717, 1.165) is 11.5 Å². The zero-order valence-corrected chi connectivity index (χ0v) is 8.21. The lowest BCUT2D eigenvalue weighted by Crippen LogP contribution is -1.93. The van der Waals surface area contributed by atoms with Crippen LogP contribution in [0.1, 0.15) is 11.5 Å². The minimum Gasteiger partial charge on any atom is -0.460 e. The molecule has 0 saturated carbocycles. The highest BCUT2D eigenvalue weighted by molar-refractivity contribution is 5.42. The number of nitrogens with zero attached hydrogens (tertiary/aromatic N) is 2. The maximum Gasteiger partial charge on any atom is 0.126 e. The van der Waals surface area contributed by atoms with Gasteiger partial charge in [-0.15, -0.1) is 0 Å². The molecule has 2 aromatic rings. The molecule has 2 aromatic heterocycles. The quantitative estimate of drug-likeness (QED) is 0.821. The SMILES string of the molecule is OCC=Cc1ccc(Cn2ccnc2)o1. The van der Waals surface area contributed by atoms with Crippen molar-refractivity contribution in [2.75, 3.05) is 6.61 Å².